The van der Waals surface area contributed by atoms with Crippen molar-refractivity contribution in [3.8, 4) is 0 Å². The fourth-order valence-corrected chi connectivity index (χ4v) is 3.23. The number of likely N-dealkylation sites (tertiary alicyclic amines) is 1. The summed E-state index contributed by atoms with van der Waals surface area (Å²) in [4.78, 5) is 21.2. The van der Waals surface area contributed by atoms with Crippen LogP contribution in [0.15, 0.2) is 18.3 Å². The van der Waals surface area contributed by atoms with Gasteiger partial charge in [-0.15, -0.1) is 0 Å². The fourth-order valence-electron chi connectivity index (χ4n) is 3.23. The van der Waals surface area contributed by atoms with Gasteiger partial charge in [0.1, 0.15) is 5.69 Å². The molecule has 4 heteroatoms. The zero-order valence-corrected chi connectivity index (χ0v) is 12.9. The van der Waals surface area contributed by atoms with Crippen molar-refractivity contribution in [3.63, 3.8) is 0 Å². The third-order valence-corrected chi connectivity index (χ3v) is 4.76. The van der Waals surface area contributed by atoms with Crippen molar-refractivity contribution in [3.05, 3.63) is 24.0 Å². The van der Waals surface area contributed by atoms with E-state index in [-0.39, 0.29) is 5.91 Å². The van der Waals surface area contributed by atoms with Crippen LogP contribution in [-0.4, -0.2) is 42.0 Å². The molecular weight excluding hydrogens is 262 g/mol. The summed E-state index contributed by atoms with van der Waals surface area (Å²) in [6.45, 7) is 6.22. The number of piperidine rings is 2. The summed E-state index contributed by atoms with van der Waals surface area (Å²) >= 11 is 0. The maximum Gasteiger partial charge on any atom is 0.272 e. The Bertz CT molecular complexity index is 471. The summed E-state index contributed by atoms with van der Waals surface area (Å²) < 4.78 is 0. The lowest BCUT2D eigenvalue weighted by molar-refractivity contribution is 0.0691. The van der Waals surface area contributed by atoms with Gasteiger partial charge in [-0.25, -0.2) is 4.98 Å². The van der Waals surface area contributed by atoms with Crippen LogP contribution in [0.1, 0.15) is 49.5 Å². The van der Waals surface area contributed by atoms with Gasteiger partial charge in [-0.2, -0.15) is 0 Å². The molecule has 0 bridgehead atoms. The SMILES string of the molecule is CC1CCN(C(=O)c2ccc(N3CCCCC3)cn2)CC1. The van der Waals surface area contributed by atoms with E-state index in [1.54, 1.807) is 0 Å². The predicted octanol–water partition coefficient (Wildman–Crippen LogP) is 2.94. The molecule has 0 atom stereocenters. The van der Waals surface area contributed by atoms with E-state index in [2.05, 4.69) is 22.9 Å². The number of anilines is 1. The molecule has 3 rings (SSSR count). The first-order valence-corrected chi connectivity index (χ1v) is 8.24. The van der Waals surface area contributed by atoms with E-state index in [9.17, 15) is 4.79 Å². The maximum atomic E-state index is 12.4. The van der Waals surface area contributed by atoms with Crippen LogP contribution < -0.4 is 4.90 Å². The second kappa shape index (κ2) is 6.46. The van der Waals surface area contributed by atoms with Crippen molar-refractivity contribution in [1.29, 1.82) is 0 Å². The highest BCUT2D eigenvalue weighted by Crippen LogP contribution is 2.21. The van der Waals surface area contributed by atoms with E-state index >= 15 is 0 Å². The molecule has 0 radical (unpaired) electrons. The Labute approximate surface area is 127 Å². The van der Waals surface area contributed by atoms with E-state index < -0.39 is 0 Å². The smallest absolute Gasteiger partial charge is 0.272 e. The minimum atomic E-state index is 0.0899. The van der Waals surface area contributed by atoms with Gasteiger partial charge >= 0.3 is 0 Å². The van der Waals surface area contributed by atoms with Gasteiger partial charge in [-0.1, -0.05) is 6.92 Å². The van der Waals surface area contributed by atoms with Gasteiger partial charge in [0.2, 0.25) is 0 Å². The maximum absolute atomic E-state index is 12.4. The van der Waals surface area contributed by atoms with Gasteiger partial charge in [0.15, 0.2) is 0 Å². The van der Waals surface area contributed by atoms with Gasteiger partial charge < -0.3 is 9.80 Å². The number of aromatic nitrogens is 1. The third kappa shape index (κ3) is 3.36. The van der Waals surface area contributed by atoms with Crippen molar-refractivity contribution in [2.45, 2.75) is 39.0 Å². The number of carbonyl (C=O) groups excluding carboxylic acids is 1. The summed E-state index contributed by atoms with van der Waals surface area (Å²) in [5, 5.41) is 0. The van der Waals surface area contributed by atoms with Gasteiger partial charge in [0.25, 0.3) is 5.91 Å². The summed E-state index contributed by atoms with van der Waals surface area (Å²) in [5.41, 5.74) is 1.74. The van der Waals surface area contributed by atoms with Crippen molar-refractivity contribution in [2.75, 3.05) is 31.1 Å². The zero-order chi connectivity index (χ0) is 14.7. The molecule has 114 valence electrons. The molecule has 21 heavy (non-hydrogen) atoms. The molecule has 0 N–H and O–H groups in total. The molecule has 0 saturated carbocycles. The van der Waals surface area contributed by atoms with Crippen LogP contribution in [0.4, 0.5) is 5.69 Å². The second-order valence-corrected chi connectivity index (χ2v) is 6.42. The van der Waals surface area contributed by atoms with Crippen LogP contribution in [0.25, 0.3) is 0 Å². The molecule has 2 aliphatic heterocycles. The first kappa shape index (κ1) is 14.4. The first-order valence-electron chi connectivity index (χ1n) is 8.24. The van der Waals surface area contributed by atoms with Gasteiger partial charge in [-0.3, -0.25) is 4.79 Å². The highest BCUT2D eigenvalue weighted by atomic mass is 16.2. The zero-order valence-electron chi connectivity index (χ0n) is 12.9. The number of rotatable bonds is 2. The van der Waals surface area contributed by atoms with Crippen molar-refractivity contribution < 1.29 is 4.79 Å². The number of pyridine rings is 1. The molecule has 0 unspecified atom stereocenters. The molecule has 1 amide bonds. The van der Waals surface area contributed by atoms with E-state index in [0.29, 0.717) is 5.69 Å². The summed E-state index contributed by atoms with van der Waals surface area (Å²) in [6.07, 6.45) is 7.92. The molecule has 0 spiro atoms. The molecule has 1 aromatic heterocycles. The van der Waals surface area contributed by atoms with Crippen LogP contribution in [0.2, 0.25) is 0 Å². The van der Waals surface area contributed by atoms with E-state index in [0.717, 1.165) is 50.6 Å². The molecule has 3 heterocycles. The highest BCUT2D eigenvalue weighted by Gasteiger charge is 2.22. The second-order valence-electron chi connectivity index (χ2n) is 6.42. The first-order chi connectivity index (χ1) is 10.2. The van der Waals surface area contributed by atoms with E-state index in [1.807, 2.05) is 17.2 Å². The molecule has 2 aliphatic rings. The number of nitrogens with zero attached hydrogens (tertiary/aromatic N) is 3. The molecule has 1 aromatic rings. The largest absolute Gasteiger partial charge is 0.370 e. The number of hydrogen-bond acceptors (Lipinski definition) is 3. The summed E-state index contributed by atoms with van der Waals surface area (Å²) in [6, 6.07) is 3.95. The lowest BCUT2D eigenvalue weighted by Gasteiger charge is -2.30. The minimum Gasteiger partial charge on any atom is -0.370 e. The Morgan fingerprint density at radius 2 is 1.81 bits per heavy atom. The van der Waals surface area contributed by atoms with Gasteiger partial charge in [-0.05, 0) is 50.2 Å². The van der Waals surface area contributed by atoms with E-state index in [4.69, 9.17) is 0 Å². The predicted molar refractivity (Wildman–Crippen MR) is 84.6 cm³/mol. The quantitative estimate of drug-likeness (QED) is 0.839. The molecule has 4 nitrogen and oxygen atoms in total. The topological polar surface area (TPSA) is 36.4 Å². The molecule has 0 aliphatic carbocycles. The third-order valence-electron chi connectivity index (χ3n) is 4.76. The molecule has 2 fully saturated rings. The summed E-state index contributed by atoms with van der Waals surface area (Å²) in [5.74, 6) is 0.829. The lowest BCUT2D eigenvalue weighted by Crippen LogP contribution is -2.38. The standard InChI is InChI=1S/C17H25N3O/c1-14-7-11-20(12-8-14)17(21)16-6-5-15(13-18-16)19-9-3-2-4-10-19/h5-6,13-14H,2-4,7-12H2,1H3. The fraction of sp³-hybridized carbons (Fsp3) is 0.647. The number of amides is 1. The van der Waals surface area contributed by atoms with Gasteiger partial charge in [0.05, 0.1) is 11.9 Å². The van der Waals surface area contributed by atoms with Crippen LogP contribution in [0.3, 0.4) is 0 Å². The average molecular weight is 287 g/mol. The Hall–Kier alpha value is -1.58. The lowest BCUT2D eigenvalue weighted by atomic mass is 9.99. The Morgan fingerprint density at radius 1 is 1.10 bits per heavy atom. The van der Waals surface area contributed by atoms with E-state index in [1.165, 1.54) is 19.3 Å². The number of carbonyl (C=O) groups is 1. The van der Waals surface area contributed by atoms with Crippen LogP contribution >= 0.6 is 0 Å². The Kier molecular flexibility index (Phi) is 4.42. The molecular formula is C17H25N3O. The molecule has 0 aromatic carbocycles. The minimum absolute atomic E-state index is 0.0899. The van der Waals surface area contributed by atoms with Gasteiger partial charge in [0, 0.05) is 26.2 Å². The highest BCUT2D eigenvalue weighted by molar-refractivity contribution is 5.92. The Balaban J connectivity index is 1.64. The van der Waals surface area contributed by atoms with Crippen LogP contribution in [-0.2, 0) is 0 Å². The average Bonchev–Trinajstić information content (AvgIpc) is 2.56. The molecule has 2 saturated heterocycles. The number of hydrogen-bond donors (Lipinski definition) is 0. The monoisotopic (exact) mass is 287 g/mol. The summed E-state index contributed by atoms with van der Waals surface area (Å²) in [7, 11) is 0. The normalized spacial score (nSPS) is 20.6. The van der Waals surface area contributed by atoms with Crippen molar-refractivity contribution in [1.82, 2.24) is 9.88 Å². The Morgan fingerprint density at radius 3 is 2.43 bits per heavy atom. The van der Waals surface area contributed by atoms with Crippen LogP contribution in [0, 0.1) is 5.92 Å². The van der Waals surface area contributed by atoms with Crippen molar-refractivity contribution >= 4 is 11.6 Å². The van der Waals surface area contributed by atoms with Crippen LogP contribution in [0.5, 0.6) is 0 Å². The van der Waals surface area contributed by atoms with Crippen molar-refractivity contribution in [2.24, 2.45) is 5.92 Å².